The first-order valence-corrected chi connectivity index (χ1v) is 8.85. The van der Waals surface area contributed by atoms with Crippen LogP contribution in [0, 0.1) is 0 Å². The highest BCUT2D eigenvalue weighted by Gasteiger charge is 2.31. The lowest BCUT2D eigenvalue weighted by atomic mass is 10.1. The molecule has 0 bridgehead atoms. The number of carbonyl (C=O) groups excluding carboxylic acids is 1. The summed E-state index contributed by atoms with van der Waals surface area (Å²) in [5.41, 5.74) is 1.10. The Morgan fingerprint density at radius 2 is 1.90 bits per heavy atom. The normalized spacial score (nSPS) is 11.6. The number of halogens is 3. The first-order valence-electron chi connectivity index (χ1n) is 8.85. The Labute approximate surface area is 164 Å². The van der Waals surface area contributed by atoms with E-state index in [9.17, 15) is 23.1 Å². The highest BCUT2D eigenvalue weighted by atomic mass is 19.4. The first-order chi connectivity index (χ1) is 13.6. The number of phenols is 1. The lowest BCUT2D eigenvalue weighted by Gasteiger charge is -2.08. The number of amides is 1. The van der Waals surface area contributed by atoms with Crippen LogP contribution in [-0.2, 0) is 17.4 Å². The summed E-state index contributed by atoms with van der Waals surface area (Å²) in [6.07, 6.45) is -3.20. The highest BCUT2D eigenvalue weighted by Crippen LogP contribution is 2.31. The third kappa shape index (κ3) is 4.74. The fourth-order valence-corrected chi connectivity index (χ4v) is 2.73. The summed E-state index contributed by atoms with van der Waals surface area (Å²) in [7, 11) is 0. The molecule has 0 aliphatic heterocycles. The van der Waals surface area contributed by atoms with Gasteiger partial charge in [-0.05, 0) is 55.7 Å². The van der Waals surface area contributed by atoms with Crippen LogP contribution in [0.15, 0.2) is 48.6 Å². The van der Waals surface area contributed by atoms with E-state index in [-0.39, 0.29) is 28.4 Å². The summed E-state index contributed by atoms with van der Waals surface area (Å²) < 4.78 is 38.6. The minimum Gasteiger partial charge on any atom is -0.506 e. The zero-order valence-electron chi connectivity index (χ0n) is 15.6. The van der Waals surface area contributed by atoms with Gasteiger partial charge in [0, 0.05) is 12.1 Å². The number of aromatic nitrogens is 3. The Morgan fingerprint density at radius 1 is 1.17 bits per heavy atom. The zero-order valence-corrected chi connectivity index (χ0v) is 15.6. The van der Waals surface area contributed by atoms with Gasteiger partial charge in [-0.3, -0.25) is 4.79 Å². The van der Waals surface area contributed by atoms with Gasteiger partial charge in [-0.1, -0.05) is 12.6 Å². The molecule has 6 nitrogen and oxygen atoms in total. The molecule has 0 aliphatic carbocycles. The van der Waals surface area contributed by atoms with E-state index in [0.717, 1.165) is 22.5 Å². The van der Waals surface area contributed by atoms with Gasteiger partial charge in [-0.2, -0.15) is 13.2 Å². The average molecular weight is 404 g/mol. The number of hydrogen-bond donors (Lipinski definition) is 2. The monoisotopic (exact) mass is 404 g/mol. The van der Waals surface area contributed by atoms with E-state index < -0.39 is 11.7 Å². The number of alkyl halides is 3. The Hall–Kier alpha value is -3.36. The molecule has 0 saturated carbocycles. The molecule has 152 valence electrons. The maximum atomic E-state index is 12.9. The van der Waals surface area contributed by atoms with Gasteiger partial charge in [0.25, 0.3) is 0 Å². The summed E-state index contributed by atoms with van der Waals surface area (Å²) >= 11 is 0. The van der Waals surface area contributed by atoms with Gasteiger partial charge >= 0.3 is 6.18 Å². The molecule has 0 unspecified atom stereocenters. The molecule has 3 aromatic rings. The second kappa shape index (κ2) is 7.94. The third-order valence-corrected chi connectivity index (χ3v) is 4.28. The van der Waals surface area contributed by atoms with Gasteiger partial charge in [0.1, 0.15) is 22.5 Å². The fourth-order valence-electron chi connectivity index (χ4n) is 2.73. The Bertz CT molecular complexity index is 1070. The summed E-state index contributed by atoms with van der Waals surface area (Å²) in [5, 5.41) is 21.1. The van der Waals surface area contributed by atoms with Gasteiger partial charge < -0.3 is 10.4 Å². The molecule has 1 amide bonds. The van der Waals surface area contributed by atoms with Crippen LogP contribution in [0.2, 0.25) is 0 Å². The van der Waals surface area contributed by atoms with Gasteiger partial charge in [-0.15, -0.1) is 15.0 Å². The number of phenolic OH excluding ortho intramolecular Hbond substituents is 1. The molecule has 1 aromatic heterocycles. The number of carbonyl (C=O) groups is 1. The van der Waals surface area contributed by atoms with Crippen LogP contribution in [0.4, 0.5) is 13.2 Å². The van der Waals surface area contributed by atoms with Crippen LogP contribution >= 0.6 is 0 Å². The van der Waals surface area contributed by atoms with Gasteiger partial charge in [0.15, 0.2) is 0 Å². The predicted octanol–water partition coefficient (Wildman–Crippen LogP) is 3.77. The van der Waals surface area contributed by atoms with Crippen molar-refractivity contribution < 1.29 is 23.1 Å². The van der Waals surface area contributed by atoms with E-state index >= 15 is 0 Å². The Morgan fingerprint density at radius 3 is 2.59 bits per heavy atom. The fraction of sp³-hybridized carbons (Fsp3) is 0.250. The van der Waals surface area contributed by atoms with E-state index in [1.54, 1.807) is 19.1 Å². The lowest BCUT2D eigenvalue weighted by molar-refractivity contribution is -0.137. The molecular formula is C20H19F3N4O2. The smallest absolute Gasteiger partial charge is 0.416 e. The van der Waals surface area contributed by atoms with Crippen molar-refractivity contribution in [1.29, 1.82) is 0 Å². The van der Waals surface area contributed by atoms with Crippen molar-refractivity contribution in [3.05, 3.63) is 59.7 Å². The van der Waals surface area contributed by atoms with Crippen LogP contribution in [0.1, 0.15) is 24.5 Å². The molecule has 0 atom stereocenters. The maximum Gasteiger partial charge on any atom is 0.416 e. The standard InChI is InChI=1S/C20H19F3N4O2/c1-12(2)19(29)24-9-3-4-13-5-8-18(28)17(10-13)27-25-15-7-6-14(20(21,22)23)11-16(15)26-27/h5-8,10-11,28H,1,3-4,9H2,2H3,(H,24,29). The number of rotatable bonds is 6. The Balaban J connectivity index is 1.79. The number of aromatic hydroxyl groups is 1. The number of aryl methyl sites for hydroxylation is 1. The zero-order chi connectivity index (χ0) is 21.2. The molecule has 3 rings (SSSR count). The van der Waals surface area contributed by atoms with Crippen LogP contribution in [0.5, 0.6) is 5.75 Å². The van der Waals surface area contributed by atoms with Crippen LogP contribution in [0.3, 0.4) is 0 Å². The maximum absolute atomic E-state index is 12.9. The number of benzene rings is 2. The molecule has 0 radical (unpaired) electrons. The molecule has 0 saturated heterocycles. The first kappa shape index (κ1) is 20.4. The molecule has 0 aliphatic rings. The number of fused-ring (bicyclic) bond motifs is 1. The summed E-state index contributed by atoms with van der Waals surface area (Å²) in [6.45, 7) is 5.65. The summed E-state index contributed by atoms with van der Waals surface area (Å²) in [5.74, 6) is -0.303. The van der Waals surface area contributed by atoms with Gasteiger partial charge in [0.2, 0.25) is 5.91 Å². The lowest BCUT2D eigenvalue weighted by Crippen LogP contribution is -2.24. The van der Waals surface area contributed by atoms with Crippen molar-refractivity contribution in [2.24, 2.45) is 0 Å². The number of nitrogens with zero attached hydrogens (tertiary/aromatic N) is 3. The minimum absolute atomic E-state index is 0.0761. The quantitative estimate of drug-likeness (QED) is 0.484. The largest absolute Gasteiger partial charge is 0.506 e. The van der Waals surface area contributed by atoms with E-state index in [1.807, 2.05) is 0 Å². The average Bonchev–Trinajstić information content (AvgIpc) is 3.08. The minimum atomic E-state index is -4.47. The number of nitrogens with one attached hydrogen (secondary N) is 1. The predicted molar refractivity (Wildman–Crippen MR) is 102 cm³/mol. The van der Waals surface area contributed by atoms with Gasteiger partial charge in [0.05, 0.1) is 5.56 Å². The molecular weight excluding hydrogens is 385 g/mol. The molecule has 29 heavy (non-hydrogen) atoms. The highest BCUT2D eigenvalue weighted by molar-refractivity contribution is 5.92. The molecule has 2 aromatic carbocycles. The molecule has 0 fully saturated rings. The van der Waals surface area contributed by atoms with Crippen molar-refractivity contribution in [2.75, 3.05) is 6.54 Å². The molecule has 2 N–H and O–H groups in total. The van der Waals surface area contributed by atoms with E-state index in [4.69, 9.17) is 0 Å². The SMILES string of the molecule is C=C(C)C(=O)NCCCc1ccc(O)c(-n2nc3ccc(C(F)(F)F)cc3n2)c1. The van der Waals surface area contributed by atoms with Crippen molar-refractivity contribution in [3.8, 4) is 11.4 Å². The molecule has 9 heteroatoms. The second-order valence-corrected chi connectivity index (χ2v) is 6.65. The van der Waals surface area contributed by atoms with Gasteiger partial charge in [-0.25, -0.2) is 0 Å². The van der Waals surface area contributed by atoms with Crippen LogP contribution < -0.4 is 5.32 Å². The van der Waals surface area contributed by atoms with E-state index in [2.05, 4.69) is 22.1 Å². The van der Waals surface area contributed by atoms with Crippen molar-refractivity contribution in [2.45, 2.75) is 25.9 Å². The summed E-state index contributed by atoms with van der Waals surface area (Å²) in [6, 6.07) is 7.98. The van der Waals surface area contributed by atoms with Crippen molar-refractivity contribution >= 4 is 16.9 Å². The van der Waals surface area contributed by atoms with Crippen molar-refractivity contribution in [3.63, 3.8) is 0 Å². The van der Waals surface area contributed by atoms with Crippen LogP contribution in [-0.4, -0.2) is 32.6 Å². The van der Waals surface area contributed by atoms with E-state index in [0.29, 0.717) is 25.0 Å². The van der Waals surface area contributed by atoms with Crippen molar-refractivity contribution in [1.82, 2.24) is 20.3 Å². The molecule has 0 spiro atoms. The van der Waals surface area contributed by atoms with Crippen LogP contribution in [0.25, 0.3) is 16.7 Å². The second-order valence-electron chi connectivity index (χ2n) is 6.65. The molecule has 1 heterocycles. The van der Waals surface area contributed by atoms with E-state index in [1.165, 1.54) is 12.1 Å². The number of hydrogen-bond acceptors (Lipinski definition) is 4. The topological polar surface area (TPSA) is 80.0 Å². The Kier molecular flexibility index (Phi) is 5.58. The summed E-state index contributed by atoms with van der Waals surface area (Å²) in [4.78, 5) is 12.6. The third-order valence-electron chi connectivity index (χ3n) is 4.28.